The molecule has 1 unspecified atom stereocenters. The van der Waals surface area contributed by atoms with Crippen molar-refractivity contribution >= 4 is 27.5 Å². The third-order valence-electron chi connectivity index (χ3n) is 4.78. The first kappa shape index (κ1) is 19.7. The number of carbonyl (C=O) groups is 1. The predicted molar refractivity (Wildman–Crippen MR) is 115 cm³/mol. The molecule has 0 spiro atoms. The molecule has 2 aromatic carbocycles. The highest BCUT2D eigenvalue weighted by Gasteiger charge is 2.17. The van der Waals surface area contributed by atoms with Gasteiger partial charge in [0.15, 0.2) is 0 Å². The number of rotatable bonds is 6. The molecule has 0 saturated carbocycles. The zero-order chi connectivity index (χ0) is 20.2. The summed E-state index contributed by atoms with van der Waals surface area (Å²) >= 11 is 3.38. The van der Waals surface area contributed by atoms with E-state index in [1.165, 1.54) is 0 Å². The summed E-state index contributed by atoms with van der Waals surface area (Å²) in [6.07, 6.45) is 5.77. The molecule has 7 heteroatoms. The van der Waals surface area contributed by atoms with Gasteiger partial charge in [-0.15, -0.1) is 0 Å². The lowest BCUT2D eigenvalue weighted by atomic mass is 10.1. The third kappa shape index (κ3) is 4.86. The minimum atomic E-state index is -0.191. The maximum atomic E-state index is 12.7. The SMILES string of the molecule is Cc1ccc(NC(=O)c2ccc(-n3cc(Br)cn3)cc2)c(OCC2CCCO2)c1. The number of halogens is 1. The van der Waals surface area contributed by atoms with Gasteiger partial charge in [0.2, 0.25) is 0 Å². The summed E-state index contributed by atoms with van der Waals surface area (Å²) in [7, 11) is 0. The zero-order valence-corrected chi connectivity index (χ0v) is 17.7. The molecule has 1 N–H and O–H groups in total. The van der Waals surface area contributed by atoms with E-state index in [-0.39, 0.29) is 12.0 Å². The van der Waals surface area contributed by atoms with Crippen LogP contribution in [0.2, 0.25) is 0 Å². The molecule has 1 amide bonds. The Morgan fingerprint density at radius 2 is 2.14 bits per heavy atom. The average Bonchev–Trinajstić information content (AvgIpc) is 3.40. The molecule has 4 rings (SSSR count). The molecule has 1 aliphatic rings. The lowest BCUT2D eigenvalue weighted by Crippen LogP contribution is -2.18. The molecule has 150 valence electrons. The Bertz CT molecular complexity index is 995. The molecule has 0 radical (unpaired) electrons. The van der Waals surface area contributed by atoms with Gasteiger partial charge in [0.25, 0.3) is 5.91 Å². The third-order valence-corrected chi connectivity index (χ3v) is 5.19. The molecule has 1 saturated heterocycles. The highest BCUT2D eigenvalue weighted by atomic mass is 79.9. The van der Waals surface area contributed by atoms with E-state index in [4.69, 9.17) is 9.47 Å². The fraction of sp³-hybridized carbons (Fsp3) is 0.273. The molecule has 0 aliphatic carbocycles. The smallest absolute Gasteiger partial charge is 0.255 e. The van der Waals surface area contributed by atoms with Crippen LogP contribution in [0, 0.1) is 6.92 Å². The molecule has 29 heavy (non-hydrogen) atoms. The average molecular weight is 456 g/mol. The Hall–Kier alpha value is -2.64. The van der Waals surface area contributed by atoms with Crippen molar-refractivity contribution in [1.82, 2.24) is 9.78 Å². The van der Waals surface area contributed by atoms with Gasteiger partial charge in [0, 0.05) is 18.4 Å². The van der Waals surface area contributed by atoms with Gasteiger partial charge >= 0.3 is 0 Å². The molecular weight excluding hydrogens is 434 g/mol. The van der Waals surface area contributed by atoms with Crippen molar-refractivity contribution in [3.8, 4) is 11.4 Å². The molecule has 1 aliphatic heterocycles. The first-order chi connectivity index (χ1) is 14.1. The molecule has 1 aromatic heterocycles. The van der Waals surface area contributed by atoms with Crippen molar-refractivity contribution < 1.29 is 14.3 Å². The van der Waals surface area contributed by atoms with Crippen LogP contribution in [0.1, 0.15) is 28.8 Å². The van der Waals surface area contributed by atoms with Gasteiger partial charge in [-0.25, -0.2) is 4.68 Å². The molecule has 1 fully saturated rings. The quantitative estimate of drug-likeness (QED) is 0.582. The van der Waals surface area contributed by atoms with E-state index in [1.807, 2.05) is 43.5 Å². The number of nitrogens with one attached hydrogen (secondary N) is 1. The summed E-state index contributed by atoms with van der Waals surface area (Å²) in [5.74, 6) is 0.468. The first-order valence-corrected chi connectivity index (χ1v) is 10.3. The summed E-state index contributed by atoms with van der Waals surface area (Å²) in [6.45, 7) is 3.27. The van der Waals surface area contributed by atoms with E-state index >= 15 is 0 Å². The summed E-state index contributed by atoms with van der Waals surface area (Å²) in [4.78, 5) is 12.7. The van der Waals surface area contributed by atoms with Crippen LogP contribution in [0.5, 0.6) is 5.75 Å². The van der Waals surface area contributed by atoms with E-state index < -0.39 is 0 Å². The monoisotopic (exact) mass is 455 g/mol. The van der Waals surface area contributed by atoms with Gasteiger partial charge in [-0.05, 0) is 77.7 Å². The largest absolute Gasteiger partial charge is 0.489 e. The standard InChI is InChI=1S/C22H22BrN3O3/c1-15-4-9-20(21(11-15)29-14-19-3-2-10-28-19)25-22(27)16-5-7-18(8-6-16)26-13-17(23)12-24-26/h4-9,11-13,19H,2-3,10,14H2,1H3,(H,25,27). The highest BCUT2D eigenvalue weighted by molar-refractivity contribution is 9.10. The summed E-state index contributed by atoms with van der Waals surface area (Å²) in [6, 6.07) is 13.0. The van der Waals surface area contributed by atoms with E-state index in [1.54, 1.807) is 23.0 Å². The predicted octanol–water partition coefficient (Wildman–Crippen LogP) is 4.75. The van der Waals surface area contributed by atoms with Crippen LogP contribution in [0.15, 0.2) is 59.3 Å². The van der Waals surface area contributed by atoms with E-state index in [0.717, 1.165) is 35.2 Å². The number of amides is 1. The summed E-state index contributed by atoms with van der Waals surface area (Å²) in [5.41, 5.74) is 3.16. The Kier molecular flexibility index (Phi) is 5.97. The minimum absolute atomic E-state index is 0.119. The van der Waals surface area contributed by atoms with Crippen LogP contribution < -0.4 is 10.1 Å². The van der Waals surface area contributed by atoms with Gasteiger partial charge in [-0.2, -0.15) is 5.10 Å². The summed E-state index contributed by atoms with van der Waals surface area (Å²) < 4.78 is 14.2. The maximum absolute atomic E-state index is 12.7. The fourth-order valence-corrected chi connectivity index (χ4v) is 3.50. The Labute approximate surface area is 178 Å². The van der Waals surface area contributed by atoms with Gasteiger partial charge in [-0.1, -0.05) is 6.07 Å². The van der Waals surface area contributed by atoms with Crippen LogP contribution in [0.25, 0.3) is 5.69 Å². The molecule has 6 nitrogen and oxygen atoms in total. The molecule has 2 heterocycles. The number of hydrogen-bond donors (Lipinski definition) is 1. The van der Waals surface area contributed by atoms with Crippen molar-refractivity contribution in [2.75, 3.05) is 18.5 Å². The molecule has 3 aromatic rings. The number of ether oxygens (including phenoxy) is 2. The number of aryl methyl sites for hydroxylation is 1. The Morgan fingerprint density at radius 3 is 2.83 bits per heavy atom. The van der Waals surface area contributed by atoms with Crippen LogP contribution in [0.3, 0.4) is 0 Å². The number of benzene rings is 2. The first-order valence-electron chi connectivity index (χ1n) is 9.55. The zero-order valence-electron chi connectivity index (χ0n) is 16.1. The lowest BCUT2D eigenvalue weighted by molar-refractivity contribution is 0.0681. The van der Waals surface area contributed by atoms with Gasteiger partial charge in [0.05, 0.1) is 28.1 Å². The van der Waals surface area contributed by atoms with E-state index in [0.29, 0.717) is 23.6 Å². The fourth-order valence-electron chi connectivity index (χ4n) is 3.21. The molecule has 0 bridgehead atoms. The van der Waals surface area contributed by atoms with E-state index in [2.05, 4.69) is 26.3 Å². The topological polar surface area (TPSA) is 65.4 Å². The number of aromatic nitrogens is 2. The van der Waals surface area contributed by atoms with Crippen LogP contribution in [-0.4, -0.2) is 35.0 Å². The van der Waals surface area contributed by atoms with Gasteiger partial charge < -0.3 is 14.8 Å². The second-order valence-corrected chi connectivity index (χ2v) is 7.97. The van der Waals surface area contributed by atoms with Crippen molar-refractivity contribution in [3.05, 3.63) is 70.5 Å². The van der Waals surface area contributed by atoms with Crippen LogP contribution in [0.4, 0.5) is 5.69 Å². The molecular formula is C22H22BrN3O3. The van der Waals surface area contributed by atoms with Crippen LogP contribution >= 0.6 is 15.9 Å². The molecule has 1 atom stereocenters. The van der Waals surface area contributed by atoms with Crippen molar-refractivity contribution in [2.24, 2.45) is 0 Å². The normalized spacial score (nSPS) is 16.0. The number of hydrogen-bond acceptors (Lipinski definition) is 4. The highest BCUT2D eigenvalue weighted by Crippen LogP contribution is 2.27. The minimum Gasteiger partial charge on any atom is -0.489 e. The second kappa shape index (κ2) is 8.80. The number of nitrogens with zero attached hydrogens (tertiary/aromatic N) is 2. The Balaban J connectivity index is 1.46. The van der Waals surface area contributed by atoms with Crippen molar-refractivity contribution in [1.29, 1.82) is 0 Å². The number of carbonyl (C=O) groups excluding carboxylic acids is 1. The van der Waals surface area contributed by atoms with Crippen molar-refractivity contribution in [3.63, 3.8) is 0 Å². The maximum Gasteiger partial charge on any atom is 0.255 e. The van der Waals surface area contributed by atoms with Crippen molar-refractivity contribution in [2.45, 2.75) is 25.9 Å². The Morgan fingerprint density at radius 1 is 1.31 bits per heavy atom. The van der Waals surface area contributed by atoms with Gasteiger partial charge in [0.1, 0.15) is 12.4 Å². The summed E-state index contributed by atoms with van der Waals surface area (Å²) in [5, 5.41) is 7.20. The van der Waals surface area contributed by atoms with Gasteiger partial charge in [-0.3, -0.25) is 4.79 Å². The second-order valence-electron chi connectivity index (χ2n) is 7.05. The van der Waals surface area contributed by atoms with E-state index in [9.17, 15) is 4.79 Å². The van der Waals surface area contributed by atoms with Crippen LogP contribution in [-0.2, 0) is 4.74 Å². The lowest BCUT2D eigenvalue weighted by Gasteiger charge is -2.16. The number of anilines is 1.